The summed E-state index contributed by atoms with van der Waals surface area (Å²) in [5.41, 5.74) is 1.13. The Labute approximate surface area is 206 Å². The molecule has 6 nitrogen and oxygen atoms in total. The van der Waals surface area contributed by atoms with Gasteiger partial charge in [0.25, 0.3) is 5.91 Å². The molecule has 0 atom stereocenters. The van der Waals surface area contributed by atoms with Gasteiger partial charge in [-0.2, -0.15) is 0 Å². The molecule has 4 rings (SSSR count). The van der Waals surface area contributed by atoms with E-state index in [1.165, 1.54) is 13.0 Å². The summed E-state index contributed by atoms with van der Waals surface area (Å²) in [6.45, 7) is 5.29. The van der Waals surface area contributed by atoms with Gasteiger partial charge in [0.15, 0.2) is 5.82 Å². The van der Waals surface area contributed by atoms with Gasteiger partial charge >= 0.3 is 0 Å². The normalized spacial score (nSPS) is 18.5. The van der Waals surface area contributed by atoms with Crippen molar-refractivity contribution in [3.63, 3.8) is 0 Å². The van der Waals surface area contributed by atoms with Crippen LogP contribution in [0.5, 0.6) is 0 Å². The fourth-order valence-corrected chi connectivity index (χ4v) is 5.12. The molecule has 1 amide bonds. The number of nitrogens with zero attached hydrogens (tertiary/aromatic N) is 3. The van der Waals surface area contributed by atoms with Crippen LogP contribution in [0.4, 0.5) is 11.5 Å². The van der Waals surface area contributed by atoms with Gasteiger partial charge in [0.1, 0.15) is 0 Å². The van der Waals surface area contributed by atoms with Gasteiger partial charge in [-0.1, -0.05) is 29.3 Å². The predicted octanol–water partition coefficient (Wildman–Crippen LogP) is 5.36. The number of halogens is 2. The molecule has 1 N–H and O–H groups in total. The number of carbonyl (C=O) groups is 1. The number of anilines is 2. The number of aromatic nitrogens is 1. The third-order valence-electron chi connectivity index (χ3n) is 6.80. The number of likely N-dealkylation sites (tertiary alicyclic amines) is 1. The molecule has 1 aromatic carbocycles. The van der Waals surface area contributed by atoms with Gasteiger partial charge in [-0.25, -0.2) is 4.98 Å². The van der Waals surface area contributed by atoms with E-state index in [0.717, 1.165) is 63.6 Å². The molecule has 3 heterocycles. The molecule has 1 aromatic heterocycles. The summed E-state index contributed by atoms with van der Waals surface area (Å²) in [6, 6.07) is 8.66. The molecular formula is C25H32Cl2N4O2. The van der Waals surface area contributed by atoms with E-state index in [1.807, 2.05) is 7.11 Å². The number of hydrogen-bond donors (Lipinski definition) is 1. The van der Waals surface area contributed by atoms with Gasteiger partial charge in [-0.15, -0.1) is 0 Å². The second-order valence-corrected chi connectivity index (χ2v) is 9.86. The molecule has 2 saturated heterocycles. The summed E-state index contributed by atoms with van der Waals surface area (Å²) in [5, 5.41) is 3.99. The average molecular weight is 491 g/mol. The highest BCUT2D eigenvalue weighted by Crippen LogP contribution is 2.31. The molecular weight excluding hydrogens is 459 g/mol. The molecule has 2 fully saturated rings. The van der Waals surface area contributed by atoms with Crippen LogP contribution in [-0.2, 0) is 4.74 Å². The smallest absolute Gasteiger partial charge is 0.255 e. The second kappa shape index (κ2) is 11.5. The number of piperidine rings is 2. The summed E-state index contributed by atoms with van der Waals surface area (Å²) in [5.74, 6) is 1.27. The zero-order chi connectivity index (χ0) is 23.2. The van der Waals surface area contributed by atoms with Crippen LogP contribution in [0.25, 0.3) is 0 Å². The third-order valence-corrected chi connectivity index (χ3v) is 7.25. The van der Waals surface area contributed by atoms with Crippen LogP contribution >= 0.6 is 23.2 Å². The van der Waals surface area contributed by atoms with E-state index in [0.29, 0.717) is 27.4 Å². The summed E-state index contributed by atoms with van der Waals surface area (Å²) in [6.07, 6.45) is 7.84. The van der Waals surface area contributed by atoms with E-state index >= 15 is 0 Å². The minimum Gasteiger partial charge on any atom is -0.381 e. The summed E-state index contributed by atoms with van der Waals surface area (Å²) < 4.78 is 5.48. The van der Waals surface area contributed by atoms with E-state index in [9.17, 15) is 4.79 Å². The molecule has 0 unspecified atom stereocenters. The first kappa shape index (κ1) is 24.3. The fraction of sp³-hybridized carbons (Fsp3) is 0.520. The molecule has 0 aliphatic carbocycles. The number of pyridine rings is 1. The van der Waals surface area contributed by atoms with Gasteiger partial charge in [0, 0.05) is 50.1 Å². The monoisotopic (exact) mass is 490 g/mol. The zero-order valence-corrected chi connectivity index (χ0v) is 20.6. The molecule has 2 aliphatic heterocycles. The molecule has 0 spiro atoms. The molecule has 0 radical (unpaired) electrons. The standard InChI is InChI=1S/C25H32Cl2N4O2/c1-33-22-8-11-30(12-9-22)10-5-18-6-13-31(14-7-18)24-23(16-21(27)17-28-24)29-25(32)19-3-2-4-20(26)15-19/h2-4,15-18,22H,5-14H2,1H3,(H,29,32). The molecule has 33 heavy (non-hydrogen) atoms. The zero-order valence-electron chi connectivity index (χ0n) is 19.1. The maximum absolute atomic E-state index is 12.8. The Morgan fingerprint density at radius 1 is 1.09 bits per heavy atom. The summed E-state index contributed by atoms with van der Waals surface area (Å²) in [4.78, 5) is 22.2. The van der Waals surface area contributed by atoms with Crippen LogP contribution < -0.4 is 10.2 Å². The highest BCUT2D eigenvalue weighted by atomic mass is 35.5. The number of methoxy groups -OCH3 is 1. The minimum atomic E-state index is -0.227. The lowest BCUT2D eigenvalue weighted by molar-refractivity contribution is 0.0393. The molecule has 8 heteroatoms. The van der Waals surface area contributed by atoms with Crippen molar-refractivity contribution < 1.29 is 9.53 Å². The SMILES string of the molecule is COC1CCN(CCC2CCN(c3ncc(Cl)cc3NC(=O)c3cccc(Cl)c3)CC2)CC1. The fourth-order valence-electron chi connectivity index (χ4n) is 4.77. The van der Waals surface area contributed by atoms with Crippen LogP contribution in [0.3, 0.4) is 0 Å². The number of hydrogen-bond acceptors (Lipinski definition) is 5. The Balaban J connectivity index is 1.32. The third kappa shape index (κ3) is 6.60. The number of carbonyl (C=O) groups excluding carboxylic acids is 1. The number of benzene rings is 1. The number of amides is 1. The number of ether oxygens (including phenoxy) is 1. The van der Waals surface area contributed by atoms with Crippen LogP contribution in [0, 0.1) is 5.92 Å². The Kier molecular flexibility index (Phi) is 8.47. The van der Waals surface area contributed by atoms with Crippen molar-refractivity contribution in [2.45, 2.75) is 38.2 Å². The van der Waals surface area contributed by atoms with Gasteiger partial charge in [0.05, 0.1) is 16.8 Å². The van der Waals surface area contributed by atoms with E-state index in [1.54, 1.807) is 36.5 Å². The Bertz CT molecular complexity index is 942. The van der Waals surface area contributed by atoms with Gasteiger partial charge in [-0.05, 0) is 68.8 Å². The minimum absolute atomic E-state index is 0.227. The molecule has 0 bridgehead atoms. The van der Waals surface area contributed by atoms with Crippen molar-refractivity contribution in [1.29, 1.82) is 0 Å². The van der Waals surface area contributed by atoms with Crippen molar-refractivity contribution in [3.8, 4) is 0 Å². The van der Waals surface area contributed by atoms with Gasteiger partial charge < -0.3 is 19.9 Å². The lowest BCUT2D eigenvalue weighted by Crippen LogP contribution is -2.39. The summed E-state index contributed by atoms with van der Waals surface area (Å²) in [7, 11) is 1.82. The van der Waals surface area contributed by atoms with Crippen molar-refractivity contribution in [1.82, 2.24) is 9.88 Å². The topological polar surface area (TPSA) is 57.7 Å². The largest absolute Gasteiger partial charge is 0.381 e. The van der Waals surface area contributed by atoms with E-state index in [4.69, 9.17) is 27.9 Å². The Morgan fingerprint density at radius 3 is 2.55 bits per heavy atom. The highest BCUT2D eigenvalue weighted by Gasteiger charge is 2.25. The summed E-state index contributed by atoms with van der Waals surface area (Å²) >= 11 is 12.2. The van der Waals surface area contributed by atoms with Crippen molar-refractivity contribution in [2.75, 3.05) is 50.1 Å². The Morgan fingerprint density at radius 2 is 1.85 bits per heavy atom. The quantitative estimate of drug-likeness (QED) is 0.565. The maximum atomic E-state index is 12.8. The van der Waals surface area contributed by atoms with Gasteiger partial charge in [0.2, 0.25) is 0 Å². The van der Waals surface area contributed by atoms with Gasteiger partial charge in [-0.3, -0.25) is 4.79 Å². The second-order valence-electron chi connectivity index (χ2n) is 8.98. The first-order chi connectivity index (χ1) is 16.0. The van der Waals surface area contributed by atoms with E-state index in [2.05, 4.69) is 20.1 Å². The van der Waals surface area contributed by atoms with E-state index in [-0.39, 0.29) is 5.91 Å². The van der Waals surface area contributed by atoms with E-state index < -0.39 is 0 Å². The van der Waals surface area contributed by atoms with Crippen LogP contribution in [0.2, 0.25) is 10.0 Å². The lowest BCUT2D eigenvalue weighted by Gasteiger charge is -2.36. The van der Waals surface area contributed by atoms with Crippen LogP contribution in [0.1, 0.15) is 42.5 Å². The predicted molar refractivity (Wildman–Crippen MR) is 135 cm³/mol. The lowest BCUT2D eigenvalue weighted by atomic mass is 9.93. The van der Waals surface area contributed by atoms with Crippen LogP contribution in [0.15, 0.2) is 36.5 Å². The highest BCUT2D eigenvalue weighted by molar-refractivity contribution is 6.31. The molecule has 0 saturated carbocycles. The Hall–Kier alpha value is -1.86. The van der Waals surface area contributed by atoms with Crippen molar-refractivity contribution in [2.24, 2.45) is 5.92 Å². The number of nitrogens with one attached hydrogen (secondary N) is 1. The maximum Gasteiger partial charge on any atom is 0.255 e. The van der Waals surface area contributed by atoms with Crippen molar-refractivity contribution in [3.05, 3.63) is 52.1 Å². The average Bonchev–Trinajstić information content (AvgIpc) is 2.83. The first-order valence-corrected chi connectivity index (χ1v) is 12.5. The molecule has 178 valence electrons. The first-order valence-electron chi connectivity index (χ1n) is 11.7. The number of rotatable bonds is 7. The van der Waals surface area contributed by atoms with Crippen molar-refractivity contribution >= 4 is 40.6 Å². The molecule has 2 aromatic rings. The van der Waals surface area contributed by atoms with Crippen LogP contribution in [-0.4, -0.2) is 61.7 Å². The molecule has 2 aliphatic rings.